The van der Waals surface area contributed by atoms with Crippen molar-refractivity contribution in [3.05, 3.63) is 0 Å². The van der Waals surface area contributed by atoms with Crippen molar-refractivity contribution in [2.24, 2.45) is 0 Å². The summed E-state index contributed by atoms with van der Waals surface area (Å²) in [6, 6.07) is -0.420. The van der Waals surface area contributed by atoms with E-state index in [1.54, 1.807) is 7.11 Å². The smallest absolute Gasteiger partial charge is 0.243 e. The third kappa shape index (κ3) is 5.54. The molecule has 1 rings (SSSR count). The fourth-order valence-corrected chi connectivity index (χ4v) is 1.59. The molecule has 2 atom stereocenters. The number of methoxy groups -OCH3 is 1. The van der Waals surface area contributed by atoms with Crippen LogP contribution in [0.3, 0.4) is 0 Å². The molecule has 7 heteroatoms. The minimum absolute atomic E-state index is 0.184. The Morgan fingerprint density at radius 1 is 1.50 bits per heavy atom. The van der Waals surface area contributed by atoms with Gasteiger partial charge in [-0.25, -0.2) is 0 Å². The van der Waals surface area contributed by atoms with Crippen molar-refractivity contribution in [2.45, 2.75) is 25.0 Å². The molecule has 1 fully saturated rings. The van der Waals surface area contributed by atoms with Crippen molar-refractivity contribution in [2.75, 3.05) is 33.5 Å². The van der Waals surface area contributed by atoms with E-state index in [0.717, 1.165) is 0 Å². The molecule has 0 aromatic heterocycles. The zero-order valence-corrected chi connectivity index (χ0v) is 10.5. The summed E-state index contributed by atoms with van der Waals surface area (Å²) >= 11 is 0. The van der Waals surface area contributed by atoms with Crippen molar-refractivity contribution in [1.29, 1.82) is 0 Å². The quantitative estimate of drug-likeness (QED) is 0.359. The van der Waals surface area contributed by atoms with Crippen molar-refractivity contribution in [3.8, 4) is 0 Å². The molecule has 1 aliphatic rings. The zero-order chi connectivity index (χ0) is 13.4. The Labute approximate surface area is 106 Å². The predicted octanol–water partition coefficient (Wildman–Crippen LogP) is -1.59. The molecule has 0 spiro atoms. The lowest BCUT2D eigenvalue weighted by molar-refractivity contribution is -0.134. The number of hydrogen-bond donors (Lipinski definition) is 3. The average Bonchev–Trinajstić information content (AvgIpc) is 2.33. The predicted molar refractivity (Wildman–Crippen MR) is 62.9 cm³/mol. The highest BCUT2D eigenvalue weighted by atomic mass is 16.5. The number of imide groups is 1. The average molecular weight is 260 g/mol. The SMILES string of the molecule is COCCOCC(O)CNC1CCC(=O)NC1=O. The summed E-state index contributed by atoms with van der Waals surface area (Å²) in [5.74, 6) is -0.583. The first-order chi connectivity index (χ1) is 8.63. The van der Waals surface area contributed by atoms with E-state index in [0.29, 0.717) is 26.1 Å². The molecule has 0 aliphatic carbocycles. The first-order valence-corrected chi connectivity index (χ1v) is 5.95. The number of aliphatic hydroxyl groups is 1. The largest absolute Gasteiger partial charge is 0.389 e. The lowest BCUT2D eigenvalue weighted by Crippen LogP contribution is -2.52. The summed E-state index contributed by atoms with van der Waals surface area (Å²) in [6.07, 6.45) is 0.0958. The third-order valence-electron chi connectivity index (χ3n) is 2.58. The minimum atomic E-state index is -0.688. The number of carbonyl (C=O) groups is 2. The number of aliphatic hydroxyl groups excluding tert-OH is 1. The maximum atomic E-state index is 11.4. The maximum Gasteiger partial charge on any atom is 0.243 e. The van der Waals surface area contributed by atoms with Gasteiger partial charge < -0.3 is 19.9 Å². The highest BCUT2D eigenvalue weighted by Crippen LogP contribution is 2.04. The lowest BCUT2D eigenvalue weighted by atomic mass is 10.1. The van der Waals surface area contributed by atoms with E-state index in [2.05, 4.69) is 10.6 Å². The Hall–Kier alpha value is -1.02. The van der Waals surface area contributed by atoms with Crippen LogP contribution >= 0.6 is 0 Å². The molecule has 18 heavy (non-hydrogen) atoms. The molecule has 1 aliphatic heterocycles. The van der Waals surface area contributed by atoms with E-state index in [4.69, 9.17) is 9.47 Å². The summed E-state index contributed by atoms with van der Waals surface area (Å²) in [6.45, 7) is 1.34. The van der Waals surface area contributed by atoms with Crippen LogP contribution in [0.2, 0.25) is 0 Å². The molecule has 0 radical (unpaired) electrons. The summed E-state index contributed by atoms with van der Waals surface area (Å²) in [4.78, 5) is 22.3. The van der Waals surface area contributed by atoms with Gasteiger partial charge in [0.1, 0.15) is 0 Å². The van der Waals surface area contributed by atoms with Gasteiger partial charge in [-0.2, -0.15) is 0 Å². The van der Waals surface area contributed by atoms with Gasteiger partial charge in [0.25, 0.3) is 0 Å². The fourth-order valence-electron chi connectivity index (χ4n) is 1.59. The Morgan fingerprint density at radius 3 is 2.94 bits per heavy atom. The minimum Gasteiger partial charge on any atom is -0.389 e. The van der Waals surface area contributed by atoms with Gasteiger partial charge in [0.15, 0.2) is 0 Å². The number of amides is 2. The second-order valence-corrected chi connectivity index (χ2v) is 4.13. The molecule has 2 amide bonds. The van der Waals surface area contributed by atoms with Crippen molar-refractivity contribution in [1.82, 2.24) is 10.6 Å². The van der Waals surface area contributed by atoms with Gasteiger partial charge in [-0.05, 0) is 6.42 Å². The number of nitrogens with one attached hydrogen (secondary N) is 2. The number of hydrogen-bond acceptors (Lipinski definition) is 6. The third-order valence-corrected chi connectivity index (χ3v) is 2.58. The lowest BCUT2D eigenvalue weighted by Gasteiger charge is -2.23. The second kappa shape index (κ2) is 8.15. The van der Waals surface area contributed by atoms with Gasteiger partial charge in [-0.15, -0.1) is 0 Å². The van der Waals surface area contributed by atoms with Crippen LogP contribution < -0.4 is 10.6 Å². The van der Waals surface area contributed by atoms with Crippen LogP contribution in [0.15, 0.2) is 0 Å². The van der Waals surface area contributed by atoms with E-state index >= 15 is 0 Å². The van der Waals surface area contributed by atoms with Gasteiger partial charge in [-0.1, -0.05) is 0 Å². The molecular weight excluding hydrogens is 240 g/mol. The first kappa shape index (κ1) is 15.0. The van der Waals surface area contributed by atoms with Gasteiger partial charge in [0, 0.05) is 20.1 Å². The summed E-state index contributed by atoms with van der Waals surface area (Å²) < 4.78 is 9.95. The monoisotopic (exact) mass is 260 g/mol. The van der Waals surface area contributed by atoms with E-state index < -0.39 is 12.1 Å². The molecule has 104 valence electrons. The molecule has 1 heterocycles. The molecule has 1 saturated heterocycles. The van der Waals surface area contributed by atoms with E-state index in [-0.39, 0.29) is 25.0 Å². The molecular formula is C11H20N2O5. The molecule has 0 bridgehead atoms. The molecule has 0 saturated carbocycles. The van der Waals surface area contributed by atoms with Crippen LogP contribution in [0.25, 0.3) is 0 Å². The van der Waals surface area contributed by atoms with E-state index in [1.807, 2.05) is 0 Å². The van der Waals surface area contributed by atoms with Gasteiger partial charge in [0.05, 0.1) is 32.0 Å². The van der Waals surface area contributed by atoms with Crippen molar-refractivity contribution < 1.29 is 24.2 Å². The van der Waals surface area contributed by atoms with Crippen LogP contribution in [-0.2, 0) is 19.1 Å². The van der Waals surface area contributed by atoms with E-state index in [1.165, 1.54) is 0 Å². The van der Waals surface area contributed by atoms with Gasteiger partial charge >= 0.3 is 0 Å². The zero-order valence-electron chi connectivity index (χ0n) is 10.5. The number of ether oxygens (including phenoxy) is 2. The van der Waals surface area contributed by atoms with Gasteiger partial charge in [0.2, 0.25) is 11.8 Å². The Kier molecular flexibility index (Phi) is 6.81. The second-order valence-electron chi connectivity index (χ2n) is 4.13. The molecule has 3 N–H and O–H groups in total. The van der Waals surface area contributed by atoms with E-state index in [9.17, 15) is 14.7 Å². The van der Waals surface area contributed by atoms with Crippen LogP contribution in [0.5, 0.6) is 0 Å². The number of carbonyl (C=O) groups excluding carboxylic acids is 2. The molecule has 0 aromatic carbocycles. The highest BCUT2D eigenvalue weighted by Gasteiger charge is 2.26. The highest BCUT2D eigenvalue weighted by molar-refractivity contribution is 6.00. The van der Waals surface area contributed by atoms with Crippen LogP contribution in [0.4, 0.5) is 0 Å². The maximum absolute atomic E-state index is 11.4. The molecule has 0 aromatic rings. The van der Waals surface area contributed by atoms with Crippen LogP contribution in [-0.4, -0.2) is 62.5 Å². The summed E-state index contributed by atoms with van der Waals surface area (Å²) in [5, 5.41) is 14.7. The first-order valence-electron chi connectivity index (χ1n) is 5.95. The Morgan fingerprint density at radius 2 is 2.28 bits per heavy atom. The van der Waals surface area contributed by atoms with Crippen molar-refractivity contribution >= 4 is 11.8 Å². The van der Waals surface area contributed by atoms with Crippen molar-refractivity contribution in [3.63, 3.8) is 0 Å². The van der Waals surface area contributed by atoms with Gasteiger partial charge in [-0.3, -0.25) is 14.9 Å². The Bertz CT molecular complexity index is 285. The fraction of sp³-hybridized carbons (Fsp3) is 0.818. The molecule has 2 unspecified atom stereocenters. The number of piperidine rings is 1. The Balaban J connectivity index is 2.12. The summed E-state index contributed by atoms with van der Waals surface area (Å²) in [7, 11) is 1.57. The molecule has 7 nitrogen and oxygen atoms in total. The normalized spacial score (nSPS) is 21.8. The number of rotatable bonds is 8. The topological polar surface area (TPSA) is 96.9 Å². The van der Waals surface area contributed by atoms with Crippen LogP contribution in [0.1, 0.15) is 12.8 Å². The standard InChI is InChI=1S/C11H20N2O5/c1-17-4-5-18-7-8(14)6-12-9-2-3-10(15)13-11(9)16/h8-9,12,14H,2-7H2,1H3,(H,13,15,16). The summed E-state index contributed by atoms with van der Waals surface area (Å²) in [5.41, 5.74) is 0. The van der Waals surface area contributed by atoms with Crippen LogP contribution in [0, 0.1) is 0 Å².